The molecule has 9 heteroatoms. The Kier molecular flexibility index (Phi) is 5.20. The summed E-state index contributed by atoms with van der Waals surface area (Å²) < 4.78 is 2.71. The number of amides is 2. The molecule has 0 bridgehead atoms. The molecule has 2 aromatic heterocycles. The molecule has 1 fully saturated rings. The Morgan fingerprint density at radius 1 is 1.42 bits per heavy atom. The monoisotopic (exact) mass is 365 g/mol. The molecule has 1 aliphatic rings. The molecule has 0 aliphatic carbocycles. The third-order valence-electron chi connectivity index (χ3n) is 4.10. The lowest BCUT2D eigenvalue weighted by Gasteiger charge is -2.31. The maximum absolute atomic E-state index is 12.5. The summed E-state index contributed by atoms with van der Waals surface area (Å²) in [5.74, 6) is 0.722. The average Bonchev–Trinajstić information content (AvgIpc) is 3.23. The Morgan fingerprint density at radius 2 is 2.17 bits per heavy atom. The first-order valence-electron chi connectivity index (χ1n) is 7.66. The van der Waals surface area contributed by atoms with Crippen molar-refractivity contribution in [3.63, 3.8) is 0 Å². The molecule has 2 N–H and O–H groups in total. The minimum Gasteiger partial charge on any atom is -0.368 e. The maximum Gasteiger partial charge on any atom is 0.273 e. The third kappa shape index (κ3) is 3.62. The standard InChI is InChI=1S/C15H19N5O2S2/c1-23-15-18-11(9-24-15)14(22)19-5-2-10(3-6-19)13-17-4-7-20(13)8-12(16)21/h4,7,9-10H,2-3,5-6,8H2,1H3,(H2,16,21). The highest BCUT2D eigenvalue weighted by Gasteiger charge is 2.28. The Hall–Kier alpha value is -1.87. The van der Waals surface area contributed by atoms with Gasteiger partial charge in [-0.25, -0.2) is 9.97 Å². The van der Waals surface area contributed by atoms with E-state index in [0.717, 1.165) is 23.0 Å². The fourth-order valence-corrected chi connectivity index (χ4v) is 4.17. The maximum atomic E-state index is 12.5. The number of nitrogens with zero attached hydrogens (tertiary/aromatic N) is 4. The van der Waals surface area contributed by atoms with E-state index in [2.05, 4.69) is 9.97 Å². The third-order valence-corrected chi connectivity index (χ3v) is 5.96. The molecule has 0 radical (unpaired) electrons. The van der Waals surface area contributed by atoms with Crippen molar-refractivity contribution in [3.05, 3.63) is 29.3 Å². The van der Waals surface area contributed by atoms with Crippen molar-refractivity contribution in [3.8, 4) is 0 Å². The molecule has 0 saturated carbocycles. The summed E-state index contributed by atoms with van der Waals surface area (Å²) in [6, 6.07) is 0. The van der Waals surface area contributed by atoms with Gasteiger partial charge in [0.1, 0.15) is 22.4 Å². The van der Waals surface area contributed by atoms with Crippen LogP contribution in [0.25, 0.3) is 0 Å². The zero-order valence-corrected chi connectivity index (χ0v) is 15.0. The van der Waals surface area contributed by atoms with Crippen LogP contribution < -0.4 is 5.73 Å². The van der Waals surface area contributed by atoms with Crippen molar-refractivity contribution >= 4 is 34.9 Å². The topological polar surface area (TPSA) is 94.1 Å². The van der Waals surface area contributed by atoms with Gasteiger partial charge in [0.2, 0.25) is 5.91 Å². The highest BCUT2D eigenvalue weighted by atomic mass is 32.2. The number of carbonyl (C=O) groups excluding carboxylic acids is 2. The second-order valence-corrected chi connectivity index (χ2v) is 7.56. The molecule has 7 nitrogen and oxygen atoms in total. The number of piperidine rings is 1. The number of primary amides is 1. The molecule has 2 amide bonds. The number of hydrogen-bond donors (Lipinski definition) is 1. The molecule has 3 rings (SSSR count). The van der Waals surface area contributed by atoms with Gasteiger partial charge >= 0.3 is 0 Å². The number of carbonyl (C=O) groups is 2. The van der Waals surface area contributed by atoms with Gasteiger partial charge < -0.3 is 15.2 Å². The van der Waals surface area contributed by atoms with E-state index in [-0.39, 0.29) is 24.3 Å². The van der Waals surface area contributed by atoms with Gasteiger partial charge in [0.05, 0.1) is 0 Å². The predicted molar refractivity (Wildman–Crippen MR) is 93.2 cm³/mol. The fourth-order valence-electron chi connectivity index (χ4n) is 2.93. The minimum absolute atomic E-state index is 0.00882. The number of thiazole rings is 1. The van der Waals surface area contributed by atoms with Gasteiger partial charge in [-0.15, -0.1) is 11.3 Å². The van der Waals surface area contributed by atoms with Gasteiger partial charge in [-0.3, -0.25) is 9.59 Å². The summed E-state index contributed by atoms with van der Waals surface area (Å²) in [5.41, 5.74) is 5.80. The number of thioether (sulfide) groups is 1. The quantitative estimate of drug-likeness (QED) is 0.812. The van der Waals surface area contributed by atoms with E-state index < -0.39 is 0 Å². The molecule has 1 saturated heterocycles. The number of likely N-dealkylation sites (tertiary alicyclic amines) is 1. The minimum atomic E-state index is -0.380. The van der Waals surface area contributed by atoms with E-state index in [4.69, 9.17) is 5.73 Å². The van der Waals surface area contributed by atoms with Gasteiger partial charge in [0.15, 0.2) is 0 Å². The lowest BCUT2D eigenvalue weighted by molar-refractivity contribution is -0.118. The molecule has 0 aromatic carbocycles. The Bertz CT molecular complexity index is 734. The van der Waals surface area contributed by atoms with Crippen LogP contribution in [0, 0.1) is 0 Å². The van der Waals surface area contributed by atoms with Crippen LogP contribution in [0.4, 0.5) is 0 Å². The summed E-state index contributed by atoms with van der Waals surface area (Å²) >= 11 is 3.04. The smallest absolute Gasteiger partial charge is 0.273 e. The van der Waals surface area contributed by atoms with E-state index in [0.29, 0.717) is 18.8 Å². The second kappa shape index (κ2) is 7.35. The number of nitrogens with two attached hydrogens (primary N) is 1. The van der Waals surface area contributed by atoms with Crippen LogP contribution in [0.1, 0.15) is 35.1 Å². The van der Waals surface area contributed by atoms with Crippen LogP contribution in [-0.4, -0.2) is 50.6 Å². The largest absolute Gasteiger partial charge is 0.368 e. The Balaban J connectivity index is 1.62. The van der Waals surface area contributed by atoms with Crippen LogP contribution in [0.15, 0.2) is 22.1 Å². The van der Waals surface area contributed by atoms with Crippen LogP contribution >= 0.6 is 23.1 Å². The Morgan fingerprint density at radius 3 is 2.79 bits per heavy atom. The van der Waals surface area contributed by atoms with Crippen molar-refractivity contribution in [2.24, 2.45) is 5.73 Å². The van der Waals surface area contributed by atoms with Crippen LogP contribution in [0.3, 0.4) is 0 Å². The van der Waals surface area contributed by atoms with E-state index in [1.807, 2.05) is 16.5 Å². The van der Waals surface area contributed by atoms with Crippen LogP contribution in [0.2, 0.25) is 0 Å². The normalized spacial score (nSPS) is 15.6. The van der Waals surface area contributed by atoms with Gasteiger partial charge in [-0.05, 0) is 19.1 Å². The van der Waals surface area contributed by atoms with Crippen molar-refractivity contribution in [1.29, 1.82) is 0 Å². The van der Waals surface area contributed by atoms with E-state index in [1.165, 1.54) is 11.3 Å². The highest BCUT2D eigenvalue weighted by Crippen LogP contribution is 2.28. The molecule has 1 aliphatic heterocycles. The molecular weight excluding hydrogens is 346 g/mol. The summed E-state index contributed by atoms with van der Waals surface area (Å²) in [6.45, 7) is 1.48. The number of aromatic nitrogens is 3. The first-order chi connectivity index (χ1) is 11.6. The van der Waals surface area contributed by atoms with Crippen LogP contribution in [0.5, 0.6) is 0 Å². The number of rotatable bonds is 5. The summed E-state index contributed by atoms with van der Waals surface area (Å²) in [4.78, 5) is 34.2. The van der Waals surface area contributed by atoms with E-state index in [1.54, 1.807) is 28.7 Å². The van der Waals surface area contributed by atoms with Crippen molar-refractivity contribution in [1.82, 2.24) is 19.4 Å². The molecule has 2 aromatic rings. The zero-order valence-electron chi connectivity index (χ0n) is 13.3. The van der Waals surface area contributed by atoms with Gasteiger partial charge in [0, 0.05) is 36.8 Å². The molecule has 3 heterocycles. The fraction of sp³-hybridized carbons (Fsp3) is 0.467. The van der Waals surface area contributed by atoms with Gasteiger partial charge in [-0.2, -0.15) is 0 Å². The molecule has 24 heavy (non-hydrogen) atoms. The lowest BCUT2D eigenvalue weighted by Crippen LogP contribution is -2.38. The molecule has 128 valence electrons. The molecule has 0 unspecified atom stereocenters. The van der Waals surface area contributed by atoms with Crippen LogP contribution in [-0.2, 0) is 11.3 Å². The lowest BCUT2D eigenvalue weighted by atomic mass is 9.95. The summed E-state index contributed by atoms with van der Waals surface area (Å²) in [6.07, 6.45) is 7.06. The zero-order chi connectivity index (χ0) is 17.1. The SMILES string of the molecule is CSc1nc(C(=O)N2CCC(c3nccn3CC(N)=O)CC2)cs1. The van der Waals surface area contributed by atoms with Gasteiger partial charge in [-0.1, -0.05) is 11.8 Å². The molecular formula is C15H19N5O2S2. The van der Waals surface area contributed by atoms with Gasteiger partial charge in [0.25, 0.3) is 5.91 Å². The first kappa shape index (κ1) is 17.0. The number of hydrogen-bond acceptors (Lipinski definition) is 6. The van der Waals surface area contributed by atoms with Crippen molar-refractivity contribution < 1.29 is 9.59 Å². The predicted octanol–water partition coefficient (Wildman–Crippen LogP) is 1.57. The summed E-state index contributed by atoms with van der Waals surface area (Å²) in [5, 5.41) is 1.82. The van der Waals surface area contributed by atoms with Crippen molar-refractivity contribution in [2.75, 3.05) is 19.3 Å². The average molecular weight is 365 g/mol. The molecule has 0 spiro atoms. The first-order valence-corrected chi connectivity index (χ1v) is 9.77. The second-order valence-electron chi connectivity index (χ2n) is 5.65. The summed E-state index contributed by atoms with van der Waals surface area (Å²) in [7, 11) is 0. The highest BCUT2D eigenvalue weighted by molar-refractivity contribution is 8.00. The molecule has 0 atom stereocenters. The van der Waals surface area contributed by atoms with E-state index in [9.17, 15) is 9.59 Å². The van der Waals surface area contributed by atoms with Crippen molar-refractivity contribution in [2.45, 2.75) is 29.6 Å². The Labute approximate surface area is 148 Å². The number of imidazole rings is 1. The van der Waals surface area contributed by atoms with E-state index >= 15 is 0 Å².